The monoisotopic (exact) mass is 329 g/mol. The maximum absolute atomic E-state index is 12.4. The zero-order chi connectivity index (χ0) is 16.2. The van der Waals surface area contributed by atoms with Gasteiger partial charge in [-0.3, -0.25) is 14.8 Å². The van der Waals surface area contributed by atoms with Crippen molar-refractivity contribution < 1.29 is 9.53 Å². The molecule has 1 aromatic heterocycles. The van der Waals surface area contributed by atoms with Gasteiger partial charge in [0.1, 0.15) is 12.4 Å². The fraction of sp³-hybridized carbons (Fsp3) is 0.235. The minimum atomic E-state index is -0.146. The molecule has 1 atom stereocenters. The van der Waals surface area contributed by atoms with Gasteiger partial charge < -0.3 is 10.1 Å². The molecule has 1 aliphatic rings. The second kappa shape index (κ2) is 6.79. The SMILES string of the molecule is C[C@H](Cc1cnccn1)NC(=O)C1=Cc2cc(Cl)ccc2OC1. The molecule has 0 saturated heterocycles. The van der Waals surface area contributed by atoms with Gasteiger partial charge in [0.15, 0.2) is 0 Å². The standard InChI is InChI=1S/C17H16ClN3O2/c1-11(6-15-9-19-4-5-20-15)21-17(22)13-7-12-8-14(18)2-3-16(12)23-10-13/h2-5,7-9,11H,6,10H2,1H3,(H,21,22)/t11-/m1/s1. The van der Waals surface area contributed by atoms with Crippen molar-refractivity contribution in [2.45, 2.75) is 19.4 Å². The summed E-state index contributed by atoms with van der Waals surface area (Å²) >= 11 is 5.98. The van der Waals surface area contributed by atoms with Crippen LogP contribution in [0.4, 0.5) is 0 Å². The number of nitrogens with one attached hydrogen (secondary N) is 1. The molecule has 0 unspecified atom stereocenters. The van der Waals surface area contributed by atoms with Crippen molar-refractivity contribution in [3.05, 3.63) is 58.6 Å². The van der Waals surface area contributed by atoms with Gasteiger partial charge in [0.05, 0.1) is 11.3 Å². The van der Waals surface area contributed by atoms with E-state index in [1.54, 1.807) is 36.8 Å². The summed E-state index contributed by atoms with van der Waals surface area (Å²) < 4.78 is 5.60. The Hall–Kier alpha value is -2.40. The highest BCUT2D eigenvalue weighted by atomic mass is 35.5. The minimum Gasteiger partial charge on any atom is -0.488 e. The van der Waals surface area contributed by atoms with Crippen LogP contribution in [0.1, 0.15) is 18.2 Å². The van der Waals surface area contributed by atoms with Gasteiger partial charge in [0.25, 0.3) is 5.91 Å². The number of aromatic nitrogens is 2. The predicted octanol–water partition coefficient (Wildman–Crippen LogP) is 2.65. The number of fused-ring (bicyclic) bond motifs is 1. The van der Waals surface area contributed by atoms with E-state index in [-0.39, 0.29) is 18.6 Å². The smallest absolute Gasteiger partial charge is 0.250 e. The highest BCUT2D eigenvalue weighted by molar-refractivity contribution is 6.30. The van der Waals surface area contributed by atoms with Crippen LogP contribution in [0.25, 0.3) is 6.08 Å². The van der Waals surface area contributed by atoms with Crippen molar-refractivity contribution >= 4 is 23.6 Å². The van der Waals surface area contributed by atoms with E-state index in [1.807, 2.05) is 13.0 Å². The molecule has 2 heterocycles. The molecule has 0 fully saturated rings. The Morgan fingerprint density at radius 1 is 1.43 bits per heavy atom. The molecular formula is C17H16ClN3O2. The van der Waals surface area contributed by atoms with E-state index in [0.29, 0.717) is 17.0 Å². The topological polar surface area (TPSA) is 64.1 Å². The molecule has 2 aromatic rings. The van der Waals surface area contributed by atoms with Crippen LogP contribution in [0.15, 0.2) is 42.4 Å². The van der Waals surface area contributed by atoms with Gasteiger partial charge in [0, 0.05) is 41.6 Å². The van der Waals surface area contributed by atoms with Crippen LogP contribution in [0.3, 0.4) is 0 Å². The molecule has 1 aliphatic heterocycles. The summed E-state index contributed by atoms with van der Waals surface area (Å²) in [5, 5.41) is 3.57. The number of carbonyl (C=O) groups excluding carboxylic acids is 1. The Bertz CT molecular complexity index is 747. The molecule has 1 N–H and O–H groups in total. The van der Waals surface area contributed by atoms with Crippen LogP contribution in [0.2, 0.25) is 5.02 Å². The first kappa shape index (κ1) is 15.5. The third-order valence-electron chi connectivity index (χ3n) is 3.49. The minimum absolute atomic E-state index is 0.0548. The zero-order valence-electron chi connectivity index (χ0n) is 12.6. The molecular weight excluding hydrogens is 314 g/mol. The molecule has 118 valence electrons. The summed E-state index contributed by atoms with van der Waals surface area (Å²) in [6.07, 6.45) is 7.40. The van der Waals surface area contributed by atoms with Gasteiger partial charge in [-0.1, -0.05) is 11.6 Å². The van der Waals surface area contributed by atoms with Gasteiger partial charge in [-0.15, -0.1) is 0 Å². The van der Waals surface area contributed by atoms with Crippen LogP contribution < -0.4 is 10.1 Å². The van der Waals surface area contributed by atoms with Crippen molar-refractivity contribution in [1.82, 2.24) is 15.3 Å². The van der Waals surface area contributed by atoms with Gasteiger partial charge in [-0.25, -0.2) is 0 Å². The molecule has 0 spiro atoms. The Labute approximate surface area is 139 Å². The quantitative estimate of drug-likeness (QED) is 0.936. The Morgan fingerprint density at radius 3 is 3.09 bits per heavy atom. The zero-order valence-corrected chi connectivity index (χ0v) is 13.4. The fourth-order valence-corrected chi connectivity index (χ4v) is 2.58. The Balaban J connectivity index is 1.66. The lowest BCUT2D eigenvalue weighted by Crippen LogP contribution is -2.36. The molecule has 0 aliphatic carbocycles. The third kappa shape index (κ3) is 3.87. The summed E-state index contributed by atoms with van der Waals surface area (Å²) in [5.74, 6) is 0.588. The highest BCUT2D eigenvalue weighted by Gasteiger charge is 2.19. The number of nitrogens with zero attached hydrogens (tertiary/aromatic N) is 2. The number of amides is 1. The number of hydrogen-bond acceptors (Lipinski definition) is 4. The van der Waals surface area contributed by atoms with E-state index in [9.17, 15) is 4.79 Å². The summed E-state index contributed by atoms with van der Waals surface area (Å²) in [6.45, 7) is 2.18. The maximum Gasteiger partial charge on any atom is 0.250 e. The van der Waals surface area contributed by atoms with E-state index in [1.165, 1.54) is 0 Å². The number of halogens is 1. The van der Waals surface area contributed by atoms with E-state index in [0.717, 1.165) is 17.0 Å². The molecule has 1 amide bonds. The van der Waals surface area contributed by atoms with Crippen molar-refractivity contribution in [3.63, 3.8) is 0 Å². The average molecular weight is 330 g/mol. The number of benzene rings is 1. The number of hydrogen-bond donors (Lipinski definition) is 1. The van der Waals surface area contributed by atoms with Crippen molar-refractivity contribution in [2.24, 2.45) is 0 Å². The van der Waals surface area contributed by atoms with Crippen LogP contribution in [0.5, 0.6) is 5.75 Å². The van der Waals surface area contributed by atoms with E-state index >= 15 is 0 Å². The highest BCUT2D eigenvalue weighted by Crippen LogP contribution is 2.28. The molecule has 23 heavy (non-hydrogen) atoms. The molecule has 0 bridgehead atoms. The van der Waals surface area contributed by atoms with Gasteiger partial charge in [0.2, 0.25) is 0 Å². The third-order valence-corrected chi connectivity index (χ3v) is 3.72. The summed E-state index contributed by atoms with van der Waals surface area (Å²) in [6, 6.07) is 5.30. The second-order valence-corrected chi connectivity index (χ2v) is 5.85. The first-order valence-corrected chi connectivity index (χ1v) is 7.68. The molecule has 0 radical (unpaired) electrons. The first-order chi connectivity index (χ1) is 11.1. The van der Waals surface area contributed by atoms with Crippen LogP contribution in [-0.2, 0) is 11.2 Å². The summed E-state index contributed by atoms with van der Waals surface area (Å²) in [4.78, 5) is 20.6. The molecule has 1 aromatic carbocycles. The van der Waals surface area contributed by atoms with Gasteiger partial charge in [-0.05, 0) is 31.2 Å². The average Bonchev–Trinajstić information content (AvgIpc) is 2.54. The predicted molar refractivity (Wildman–Crippen MR) is 88.3 cm³/mol. The van der Waals surface area contributed by atoms with Crippen LogP contribution in [0, 0.1) is 0 Å². The Kier molecular flexibility index (Phi) is 4.57. The van der Waals surface area contributed by atoms with Gasteiger partial charge >= 0.3 is 0 Å². The normalized spacial score (nSPS) is 14.3. The van der Waals surface area contributed by atoms with Crippen LogP contribution >= 0.6 is 11.6 Å². The van der Waals surface area contributed by atoms with E-state index in [2.05, 4.69) is 15.3 Å². The van der Waals surface area contributed by atoms with E-state index < -0.39 is 0 Å². The number of carbonyl (C=O) groups is 1. The lowest BCUT2D eigenvalue weighted by Gasteiger charge is -2.20. The van der Waals surface area contributed by atoms with Crippen molar-refractivity contribution in [1.29, 1.82) is 0 Å². The number of ether oxygens (including phenoxy) is 1. The second-order valence-electron chi connectivity index (χ2n) is 5.42. The Morgan fingerprint density at radius 2 is 2.30 bits per heavy atom. The lowest BCUT2D eigenvalue weighted by atomic mass is 10.1. The van der Waals surface area contributed by atoms with Crippen molar-refractivity contribution in [2.75, 3.05) is 6.61 Å². The maximum atomic E-state index is 12.4. The summed E-state index contributed by atoms with van der Waals surface area (Å²) in [5.41, 5.74) is 2.23. The lowest BCUT2D eigenvalue weighted by molar-refractivity contribution is -0.118. The first-order valence-electron chi connectivity index (χ1n) is 7.30. The number of rotatable bonds is 4. The van der Waals surface area contributed by atoms with Crippen molar-refractivity contribution in [3.8, 4) is 5.75 Å². The van der Waals surface area contributed by atoms with Gasteiger partial charge in [-0.2, -0.15) is 0 Å². The largest absolute Gasteiger partial charge is 0.488 e. The molecule has 3 rings (SSSR count). The van der Waals surface area contributed by atoms with E-state index in [4.69, 9.17) is 16.3 Å². The molecule has 6 heteroatoms. The van der Waals surface area contributed by atoms with Crippen LogP contribution in [-0.4, -0.2) is 28.5 Å². The molecule has 0 saturated carbocycles. The molecule has 5 nitrogen and oxygen atoms in total. The fourth-order valence-electron chi connectivity index (χ4n) is 2.40. The summed E-state index contributed by atoms with van der Waals surface area (Å²) in [7, 11) is 0.